The average Bonchev–Trinajstić information content (AvgIpc) is 2.38. The van der Waals surface area contributed by atoms with Crippen molar-refractivity contribution < 1.29 is 4.74 Å². The molecule has 1 aromatic heterocycles. The first kappa shape index (κ1) is 14.0. The topological polar surface area (TPSA) is 47.0 Å². The number of halogens is 1. The lowest BCUT2D eigenvalue weighted by Crippen LogP contribution is -2.16. The second-order valence-corrected chi connectivity index (χ2v) is 4.80. The molecule has 2 aromatic rings. The van der Waals surface area contributed by atoms with Gasteiger partial charge < -0.3 is 9.30 Å². The Kier molecular flexibility index (Phi) is 4.52. The normalized spacial score (nSPS) is 10.6. The van der Waals surface area contributed by atoms with E-state index in [1.54, 1.807) is 19.2 Å². The van der Waals surface area contributed by atoms with Crippen LogP contribution in [-0.2, 0) is 11.3 Å². The summed E-state index contributed by atoms with van der Waals surface area (Å²) >= 11 is 11.1. The maximum atomic E-state index is 11.6. The Labute approximate surface area is 120 Å². The number of nitrogens with zero attached hydrogens (tertiary/aromatic N) is 1. The molecule has 0 fully saturated rings. The highest BCUT2D eigenvalue weighted by Crippen LogP contribution is 2.20. The van der Waals surface area contributed by atoms with Crippen molar-refractivity contribution in [2.24, 2.45) is 0 Å². The number of hydrogen-bond acceptors (Lipinski definition) is 3. The molecule has 1 heterocycles. The van der Waals surface area contributed by atoms with Crippen molar-refractivity contribution in [3.63, 3.8) is 0 Å². The van der Waals surface area contributed by atoms with Gasteiger partial charge in [-0.2, -0.15) is 0 Å². The molecule has 0 aliphatic rings. The Hall–Kier alpha value is -1.43. The Morgan fingerprint density at radius 1 is 1.37 bits per heavy atom. The number of aromatic amines is 1. The molecular weight excluding hydrogens is 284 g/mol. The van der Waals surface area contributed by atoms with Crippen LogP contribution in [0.3, 0.4) is 0 Å². The van der Waals surface area contributed by atoms with Gasteiger partial charge in [0.25, 0.3) is 5.56 Å². The molecule has 0 saturated heterocycles. The molecule has 0 spiro atoms. The third kappa shape index (κ3) is 3.32. The third-order valence-electron chi connectivity index (χ3n) is 2.69. The molecule has 0 bridgehead atoms. The van der Waals surface area contributed by atoms with E-state index in [4.69, 9.17) is 28.6 Å². The monoisotopic (exact) mass is 296 g/mol. The number of methoxy groups -OCH3 is 1. The molecule has 0 unspecified atom stereocenters. The van der Waals surface area contributed by atoms with E-state index >= 15 is 0 Å². The van der Waals surface area contributed by atoms with Crippen molar-refractivity contribution in [1.29, 1.82) is 0 Å². The van der Waals surface area contributed by atoms with Crippen LogP contribution in [0.1, 0.15) is 0 Å². The van der Waals surface area contributed by atoms with Crippen LogP contribution in [0.25, 0.3) is 11.3 Å². The van der Waals surface area contributed by atoms with Crippen LogP contribution in [0, 0.1) is 4.77 Å². The number of ether oxygens (including phenoxy) is 1. The van der Waals surface area contributed by atoms with Crippen LogP contribution in [0.15, 0.2) is 35.1 Å². The summed E-state index contributed by atoms with van der Waals surface area (Å²) in [6, 6.07) is 8.79. The number of aromatic nitrogens is 2. The minimum Gasteiger partial charge on any atom is -0.383 e. The minimum absolute atomic E-state index is 0.219. The first-order valence-corrected chi connectivity index (χ1v) is 6.49. The molecule has 0 aliphatic heterocycles. The van der Waals surface area contributed by atoms with Crippen LogP contribution in [0.2, 0.25) is 5.02 Å². The van der Waals surface area contributed by atoms with Crippen molar-refractivity contribution in [2.45, 2.75) is 6.54 Å². The molecule has 0 atom stereocenters. The summed E-state index contributed by atoms with van der Waals surface area (Å²) in [7, 11) is 1.62. The molecular formula is C13H13ClN2O2S. The van der Waals surface area contributed by atoms with Gasteiger partial charge in [-0.25, -0.2) is 0 Å². The largest absolute Gasteiger partial charge is 0.383 e. The Morgan fingerprint density at radius 3 is 2.68 bits per heavy atom. The lowest BCUT2D eigenvalue weighted by Gasteiger charge is -2.13. The van der Waals surface area contributed by atoms with Crippen molar-refractivity contribution in [3.05, 3.63) is 50.5 Å². The predicted molar refractivity (Wildman–Crippen MR) is 78.2 cm³/mol. The summed E-state index contributed by atoms with van der Waals surface area (Å²) in [5.74, 6) is 0. The second-order valence-electron chi connectivity index (χ2n) is 3.98. The fourth-order valence-electron chi connectivity index (χ4n) is 1.78. The van der Waals surface area contributed by atoms with Gasteiger partial charge in [0.2, 0.25) is 0 Å². The standard InChI is InChI=1S/C13H13ClN2O2S/c1-18-7-6-16-11(8-12(17)15-13(16)19)9-2-4-10(14)5-3-9/h2-5,8H,6-7H2,1H3,(H,15,17,19). The highest BCUT2D eigenvalue weighted by atomic mass is 35.5. The summed E-state index contributed by atoms with van der Waals surface area (Å²) in [5.41, 5.74) is 1.42. The Bertz CT molecular complexity index is 676. The van der Waals surface area contributed by atoms with Crippen LogP contribution in [0.4, 0.5) is 0 Å². The van der Waals surface area contributed by atoms with Gasteiger partial charge >= 0.3 is 0 Å². The van der Waals surface area contributed by atoms with E-state index in [-0.39, 0.29) is 5.56 Å². The molecule has 2 rings (SSSR count). The Morgan fingerprint density at radius 2 is 2.05 bits per heavy atom. The first-order valence-electron chi connectivity index (χ1n) is 5.71. The molecule has 0 aliphatic carbocycles. The fraction of sp³-hybridized carbons (Fsp3) is 0.231. The number of hydrogen-bond donors (Lipinski definition) is 1. The van der Waals surface area contributed by atoms with Crippen LogP contribution >= 0.6 is 23.8 Å². The highest BCUT2D eigenvalue weighted by molar-refractivity contribution is 7.71. The van der Waals surface area contributed by atoms with Gasteiger partial charge in [0.1, 0.15) is 0 Å². The van der Waals surface area contributed by atoms with E-state index in [2.05, 4.69) is 4.98 Å². The summed E-state index contributed by atoms with van der Waals surface area (Å²) in [4.78, 5) is 14.2. The number of nitrogens with one attached hydrogen (secondary N) is 1. The minimum atomic E-state index is -0.219. The molecule has 4 nitrogen and oxygen atoms in total. The average molecular weight is 297 g/mol. The zero-order valence-electron chi connectivity index (χ0n) is 10.4. The van der Waals surface area contributed by atoms with Crippen molar-refractivity contribution >= 4 is 23.8 Å². The highest BCUT2D eigenvalue weighted by Gasteiger charge is 2.06. The lowest BCUT2D eigenvalue weighted by molar-refractivity contribution is 0.187. The van der Waals surface area contributed by atoms with Gasteiger partial charge in [0, 0.05) is 24.7 Å². The smallest absolute Gasteiger partial charge is 0.252 e. The number of benzene rings is 1. The number of H-pyrrole nitrogens is 1. The summed E-state index contributed by atoms with van der Waals surface area (Å²) in [5, 5.41) is 0.649. The van der Waals surface area contributed by atoms with E-state index in [1.165, 1.54) is 6.07 Å². The summed E-state index contributed by atoms with van der Waals surface area (Å²) in [6.07, 6.45) is 0. The molecule has 19 heavy (non-hydrogen) atoms. The third-order valence-corrected chi connectivity index (χ3v) is 3.27. The van der Waals surface area contributed by atoms with Gasteiger partial charge in [0.05, 0.1) is 12.3 Å². The molecule has 6 heteroatoms. The fourth-order valence-corrected chi connectivity index (χ4v) is 2.20. The molecule has 1 N–H and O–H groups in total. The lowest BCUT2D eigenvalue weighted by atomic mass is 10.1. The molecule has 1 aromatic carbocycles. The summed E-state index contributed by atoms with van der Waals surface area (Å²) in [6.45, 7) is 1.09. The molecule has 0 radical (unpaired) electrons. The SMILES string of the molecule is COCCn1c(-c2ccc(Cl)cc2)cc(=O)[nH]c1=S. The van der Waals surface area contributed by atoms with Crippen molar-refractivity contribution in [1.82, 2.24) is 9.55 Å². The van der Waals surface area contributed by atoms with Gasteiger partial charge in [0.15, 0.2) is 4.77 Å². The van der Waals surface area contributed by atoms with E-state index in [0.29, 0.717) is 22.9 Å². The van der Waals surface area contributed by atoms with Gasteiger partial charge in [-0.1, -0.05) is 23.7 Å². The van der Waals surface area contributed by atoms with E-state index in [9.17, 15) is 4.79 Å². The number of rotatable bonds is 4. The predicted octanol–water partition coefficient (Wildman–Crippen LogP) is 2.87. The maximum Gasteiger partial charge on any atom is 0.252 e. The van der Waals surface area contributed by atoms with E-state index in [0.717, 1.165) is 11.3 Å². The quantitative estimate of drug-likeness (QED) is 0.883. The van der Waals surface area contributed by atoms with Crippen LogP contribution in [0.5, 0.6) is 0 Å². The van der Waals surface area contributed by atoms with Crippen LogP contribution < -0.4 is 5.56 Å². The van der Waals surface area contributed by atoms with Gasteiger partial charge in [-0.05, 0) is 29.9 Å². The molecule has 0 amide bonds. The second kappa shape index (κ2) is 6.14. The Balaban J connectivity index is 2.57. The molecule has 100 valence electrons. The first-order chi connectivity index (χ1) is 9.11. The zero-order chi connectivity index (χ0) is 13.8. The molecule has 0 saturated carbocycles. The van der Waals surface area contributed by atoms with Crippen molar-refractivity contribution in [3.8, 4) is 11.3 Å². The van der Waals surface area contributed by atoms with Gasteiger partial charge in [-0.3, -0.25) is 9.78 Å². The van der Waals surface area contributed by atoms with Crippen LogP contribution in [-0.4, -0.2) is 23.3 Å². The zero-order valence-corrected chi connectivity index (χ0v) is 11.9. The maximum absolute atomic E-state index is 11.6. The van der Waals surface area contributed by atoms with Crippen molar-refractivity contribution in [2.75, 3.05) is 13.7 Å². The summed E-state index contributed by atoms with van der Waals surface area (Å²) < 4.78 is 7.28. The van der Waals surface area contributed by atoms with E-state index < -0.39 is 0 Å². The van der Waals surface area contributed by atoms with Gasteiger partial charge in [-0.15, -0.1) is 0 Å². The van der Waals surface area contributed by atoms with E-state index in [1.807, 2.05) is 16.7 Å².